The van der Waals surface area contributed by atoms with Gasteiger partial charge < -0.3 is 9.64 Å². The van der Waals surface area contributed by atoms with Crippen LogP contribution in [0.2, 0.25) is 5.02 Å². The Bertz CT molecular complexity index is 445. The number of nitro groups is 1. The SMILES string of the molecule is COC1CCN(c2cccc(Cl)c2[N+](=O)[O-])CC1. The second-order valence-electron chi connectivity index (χ2n) is 4.29. The Morgan fingerprint density at radius 2 is 2.11 bits per heavy atom. The summed E-state index contributed by atoms with van der Waals surface area (Å²) in [5, 5.41) is 11.3. The molecule has 1 aromatic carbocycles. The summed E-state index contributed by atoms with van der Waals surface area (Å²) < 4.78 is 5.29. The predicted molar refractivity (Wildman–Crippen MR) is 70.4 cm³/mol. The molecule has 0 aliphatic carbocycles. The van der Waals surface area contributed by atoms with Crippen molar-refractivity contribution in [2.45, 2.75) is 18.9 Å². The highest BCUT2D eigenvalue weighted by Gasteiger charge is 2.26. The minimum atomic E-state index is -0.417. The predicted octanol–water partition coefficient (Wildman–Crippen LogP) is 2.86. The number of hydrogen-bond acceptors (Lipinski definition) is 4. The molecule has 18 heavy (non-hydrogen) atoms. The lowest BCUT2D eigenvalue weighted by Crippen LogP contribution is -2.36. The largest absolute Gasteiger partial charge is 0.381 e. The molecule has 0 bridgehead atoms. The van der Waals surface area contributed by atoms with Crippen LogP contribution < -0.4 is 4.90 Å². The summed E-state index contributed by atoms with van der Waals surface area (Å²) in [6, 6.07) is 5.04. The molecule has 0 saturated carbocycles. The van der Waals surface area contributed by atoms with Gasteiger partial charge in [-0.25, -0.2) is 0 Å². The summed E-state index contributed by atoms with van der Waals surface area (Å²) in [6.45, 7) is 1.50. The van der Waals surface area contributed by atoms with Crippen LogP contribution in [0, 0.1) is 10.1 Å². The molecule has 98 valence electrons. The lowest BCUT2D eigenvalue weighted by Gasteiger charge is -2.32. The number of piperidine rings is 1. The third-order valence-electron chi connectivity index (χ3n) is 3.26. The van der Waals surface area contributed by atoms with Crippen LogP contribution in [0.25, 0.3) is 0 Å². The van der Waals surface area contributed by atoms with Crippen molar-refractivity contribution in [1.82, 2.24) is 0 Å². The van der Waals surface area contributed by atoms with Crippen LogP contribution in [0.1, 0.15) is 12.8 Å². The van der Waals surface area contributed by atoms with Crippen molar-refractivity contribution < 1.29 is 9.66 Å². The van der Waals surface area contributed by atoms with E-state index in [4.69, 9.17) is 16.3 Å². The first-order valence-corrected chi connectivity index (χ1v) is 6.22. The van der Waals surface area contributed by atoms with Crippen molar-refractivity contribution in [3.63, 3.8) is 0 Å². The molecule has 0 aromatic heterocycles. The highest BCUT2D eigenvalue weighted by molar-refractivity contribution is 6.33. The molecule has 1 saturated heterocycles. The number of halogens is 1. The molecule has 1 aliphatic rings. The van der Waals surface area contributed by atoms with Gasteiger partial charge in [-0.15, -0.1) is 0 Å². The van der Waals surface area contributed by atoms with E-state index in [2.05, 4.69) is 0 Å². The highest BCUT2D eigenvalue weighted by atomic mass is 35.5. The Morgan fingerprint density at radius 1 is 1.44 bits per heavy atom. The molecule has 0 amide bonds. The monoisotopic (exact) mass is 270 g/mol. The number of nitro benzene ring substituents is 1. The van der Waals surface area contributed by atoms with Crippen LogP contribution in [-0.2, 0) is 4.74 Å². The van der Waals surface area contributed by atoms with Crippen LogP contribution in [0.3, 0.4) is 0 Å². The van der Waals surface area contributed by atoms with Gasteiger partial charge >= 0.3 is 5.69 Å². The number of anilines is 1. The molecule has 2 rings (SSSR count). The Hall–Kier alpha value is -1.33. The fraction of sp³-hybridized carbons (Fsp3) is 0.500. The zero-order valence-electron chi connectivity index (χ0n) is 10.1. The first-order valence-electron chi connectivity index (χ1n) is 5.84. The average Bonchev–Trinajstić information content (AvgIpc) is 2.38. The maximum absolute atomic E-state index is 11.1. The summed E-state index contributed by atoms with van der Waals surface area (Å²) in [4.78, 5) is 12.7. The molecule has 0 atom stereocenters. The van der Waals surface area contributed by atoms with E-state index in [1.165, 1.54) is 0 Å². The molecule has 0 radical (unpaired) electrons. The van der Waals surface area contributed by atoms with E-state index in [1.54, 1.807) is 25.3 Å². The molecule has 5 nitrogen and oxygen atoms in total. The summed E-state index contributed by atoms with van der Waals surface area (Å²) in [7, 11) is 1.70. The topological polar surface area (TPSA) is 55.6 Å². The third-order valence-corrected chi connectivity index (χ3v) is 3.57. The average molecular weight is 271 g/mol. The number of nitrogens with zero attached hydrogens (tertiary/aromatic N) is 2. The number of para-hydroxylation sites is 1. The van der Waals surface area contributed by atoms with Gasteiger partial charge in [0.25, 0.3) is 0 Å². The normalized spacial score (nSPS) is 16.9. The molecule has 1 fully saturated rings. The van der Waals surface area contributed by atoms with Gasteiger partial charge in [0.15, 0.2) is 0 Å². The van der Waals surface area contributed by atoms with E-state index in [-0.39, 0.29) is 16.8 Å². The molecule has 1 aromatic rings. The van der Waals surface area contributed by atoms with Crippen LogP contribution in [0.4, 0.5) is 11.4 Å². The second kappa shape index (κ2) is 5.54. The molecular formula is C12H15ClN2O3. The number of benzene rings is 1. The Labute approximate surface area is 110 Å². The quantitative estimate of drug-likeness (QED) is 0.626. The zero-order valence-corrected chi connectivity index (χ0v) is 10.9. The molecule has 0 unspecified atom stereocenters. The van der Waals surface area contributed by atoms with Crippen LogP contribution >= 0.6 is 11.6 Å². The summed E-state index contributed by atoms with van der Waals surface area (Å²) in [5.41, 5.74) is 0.595. The third kappa shape index (κ3) is 2.57. The summed E-state index contributed by atoms with van der Waals surface area (Å²) >= 11 is 5.91. The van der Waals surface area contributed by atoms with Gasteiger partial charge in [0, 0.05) is 20.2 Å². The highest BCUT2D eigenvalue weighted by Crippen LogP contribution is 2.36. The van der Waals surface area contributed by atoms with E-state index in [9.17, 15) is 10.1 Å². The molecule has 0 spiro atoms. The fourth-order valence-corrected chi connectivity index (χ4v) is 2.51. The number of ether oxygens (including phenoxy) is 1. The molecule has 1 heterocycles. The molecule has 6 heteroatoms. The minimum Gasteiger partial charge on any atom is -0.381 e. The summed E-state index contributed by atoms with van der Waals surface area (Å²) in [5.74, 6) is 0. The molecular weight excluding hydrogens is 256 g/mol. The van der Waals surface area contributed by atoms with Crippen LogP contribution in [-0.4, -0.2) is 31.2 Å². The van der Waals surface area contributed by atoms with Crippen molar-refractivity contribution >= 4 is 23.0 Å². The van der Waals surface area contributed by atoms with E-state index in [0.29, 0.717) is 5.69 Å². The van der Waals surface area contributed by atoms with Gasteiger partial charge in [-0.05, 0) is 25.0 Å². The number of methoxy groups -OCH3 is 1. The van der Waals surface area contributed by atoms with Crippen molar-refractivity contribution in [3.8, 4) is 0 Å². The number of rotatable bonds is 3. The first-order chi connectivity index (χ1) is 8.63. The minimum absolute atomic E-state index is 0.00460. The smallest absolute Gasteiger partial charge is 0.310 e. The van der Waals surface area contributed by atoms with Crippen molar-refractivity contribution in [2.24, 2.45) is 0 Å². The Morgan fingerprint density at radius 3 is 2.67 bits per heavy atom. The lowest BCUT2D eigenvalue weighted by atomic mass is 10.1. The van der Waals surface area contributed by atoms with Gasteiger partial charge in [0.2, 0.25) is 0 Å². The maximum atomic E-state index is 11.1. The van der Waals surface area contributed by atoms with Gasteiger partial charge in [-0.1, -0.05) is 17.7 Å². The van der Waals surface area contributed by atoms with E-state index < -0.39 is 4.92 Å². The van der Waals surface area contributed by atoms with Crippen LogP contribution in [0.5, 0.6) is 0 Å². The van der Waals surface area contributed by atoms with Gasteiger partial charge in [0.1, 0.15) is 10.7 Å². The van der Waals surface area contributed by atoms with Gasteiger partial charge in [-0.2, -0.15) is 0 Å². The van der Waals surface area contributed by atoms with Crippen LogP contribution in [0.15, 0.2) is 18.2 Å². The Kier molecular flexibility index (Phi) is 4.04. The van der Waals surface area contributed by atoms with Crippen molar-refractivity contribution in [3.05, 3.63) is 33.3 Å². The first kappa shape index (κ1) is 13.1. The van der Waals surface area contributed by atoms with Crippen molar-refractivity contribution in [2.75, 3.05) is 25.1 Å². The summed E-state index contributed by atoms with van der Waals surface area (Å²) in [6.07, 6.45) is 2.00. The zero-order chi connectivity index (χ0) is 13.1. The van der Waals surface area contributed by atoms with Gasteiger partial charge in [0.05, 0.1) is 11.0 Å². The van der Waals surface area contributed by atoms with E-state index >= 15 is 0 Å². The Balaban J connectivity index is 2.24. The number of hydrogen-bond donors (Lipinski definition) is 0. The maximum Gasteiger partial charge on any atom is 0.310 e. The molecule has 0 N–H and O–H groups in total. The molecule has 1 aliphatic heterocycles. The van der Waals surface area contributed by atoms with Gasteiger partial charge in [-0.3, -0.25) is 10.1 Å². The van der Waals surface area contributed by atoms with Crippen molar-refractivity contribution in [1.29, 1.82) is 0 Å². The second-order valence-corrected chi connectivity index (χ2v) is 4.69. The standard InChI is InChI=1S/C12H15ClN2O3/c1-18-9-5-7-14(8-6-9)11-4-2-3-10(13)12(11)15(16)17/h2-4,9H,5-8H2,1H3. The fourth-order valence-electron chi connectivity index (χ4n) is 2.27. The lowest BCUT2D eigenvalue weighted by molar-refractivity contribution is -0.384. The van der Waals surface area contributed by atoms with E-state index in [0.717, 1.165) is 25.9 Å². The van der Waals surface area contributed by atoms with E-state index in [1.807, 2.05) is 4.90 Å².